The molecule has 148 valence electrons. The first kappa shape index (κ1) is 21.0. The lowest BCUT2D eigenvalue weighted by Crippen LogP contribution is -2.22. The zero-order chi connectivity index (χ0) is 20.4. The van der Waals surface area contributed by atoms with Gasteiger partial charge in [0.05, 0.1) is 6.54 Å². The summed E-state index contributed by atoms with van der Waals surface area (Å²) in [5.74, 6) is 0.641. The maximum absolute atomic E-state index is 12.2. The molecule has 0 saturated heterocycles. The Bertz CT molecular complexity index is 818. The van der Waals surface area contributed by atoms with E-state index in [1.54, 1.807) is 25.1 Å². The zero-order valence-corrected chi connectivity index (χ0v) is 16.4. The van der Waals surface area contributed by atoms with Crippen molar-refractivity contribution in [2.75, 3.05) is 37.9 Å². The molecule has 2 N–H and O–H groups in total. The SMILES string of the molecule is C=CCOc1cccc(NCC(=O)Nc2cccc(CCC(=O)N(C)C)c2)c1. The molecule has 0 aromatic heterocycles. The van der Waals surface area contributed by atoms with Crippen LogP contribution in [0, 0.1) is 0 Å². The lowest BCUT2D eigenvalue weighted by atomic mass is 10.1. The number of ether oxygens (including phenoxy) is 1. The van der Waals surface area contributed by atoms with Gasteiger partial charge in [-0.2, -0.15) is 0 Å². The second kappa shape index (κ2) is 10.8. The van der Waals surface area contributed by atoms with Crippen molar-refractivity contribution in [2.24, 2.45) is 0 Å². The number of nitrogens with one attached hydrogen (secondary N) is 2. The van der Waals surface area contributed by atoms with Crippen LogP contribution in [0.25, 0.3) is 0 Å². The molecule has 0 unspecified atom stereocenters. The van der Waals surface area contributed by atoms with E-state index in [0.29, 0.717) is 30.9 Å². The fourth-order valence-electron chi connectivity index (χ4n) is 2.52. The van der Waals surface area contributed by atoms with Gasteiger partial charge >= 0.3 is 0 Å². The number of rotatable bonds is 10. The van der Waals surface area contributed by atoms with Gasteiger partial charge in [-0.1, -0.05) is 30.9 Å². The molecule has 0 atom stereocenters. The minimum atomic E-state index is -0.154. The van der Waals surface area contributed by atoms with Gasteiger partial charge in [0.15, 0.2) is 0 Å². The second-order valence-electron chi connectivity index (χ2n) is 6.52. The predicted octanol–water partition coefficient (Wildman–Crippen LogP) is 3.32. The molecule has 0 aliphatic heterocycles. The van der Waals surface area contributed by atoms with Crippen LogP contribution in [0.1, 0.15) is 12.0 Å². The van der Waals surface area contributed by atoms with Gasteiger partial charge in [-0.05, 0) is 36.2 Å². The number of nitrogens with zero attached hydrogens (tertiary/aromatic N) is 1. The summed E-state index contributed by atoms with van der Waals surface area (Å²) in [5, 5.41) is 5.95. The van der Waals surface area contributed by atoms with Crippen LogP contribution in [0.4, 0.5) is 11.4 Å². The Kier molecular flexibility index (Phi) is 8.09. The van der Waals surface area contributed by atoms with Crippen molar-refractivity contribution in [1.29, 1.82) is 0 Å². The van der Waals surface area contributed by atoms with Gasteiger partial charge in [0.1, 0.15) is 12.4 Å². The summed E-state index contributed by atoms with van der Waals surface area (Å²) in [7, 11) is 3.49. The lowest BCUT2D eigenvalue weighted by molar-refractivity contribution is -0.128. The predicted molar refractivity (Wildman–Crippen MR) is 113 cm³/mol. The summed E-state index contributed by atoms with van der Waals surface area (Å²) in [6.45, 7) is 4.18. The average Bonchev–Trinajstić information content (AvgIpc) is 2.69. The number of carbonyl (C=O) groups is 2. The summed E-state index contributed by atoms with van der Waals surface area (Å²) in [4.78, 5) is 25.5. The van der Waals surface area contributed by atoms with Gasteiger partial charge < -0.3 is 20.3 Å². The number of hydrogen-bond donors (Lipinski definition) is 2. The lowest BCUT2D eigenvalue weighted by Gasteiger charge is -2.11. The number of hydrogen-bond acceptors (Lipinski definition) is 4. The van der Waals surface area contributed by atoms with Crippen LogP contribution in [0.5, 0.6) is 5.75 Å². The number of anilines is 2. The maximum Gasteiger partial charge on any atom is 0.243 e. The van der Waals surface area contributed by atoms with Crippen LogP contribution >= 0.6 is 0 Å². The van der Waals surface area contributed by atoms with Gasteiger partial charge in [-0.3, -0.25) is 9.59 Å². The smallest absolute Gasteiger partial charge is 0.243 e. The molecule has 0 fully saturated rings. The quantitative estimate of drug-likeness (QED) is 0.620. The molecule has 2 aromatic rings. The van der Waals surface area contributed by atoms with Crippen molar-refractivity contribution in [2.45, 2.75) is 12.8 Å². The summed E-state index contributed by atoms with van der Waals surface area (Å²) in [5.41, 5.74) is 2.52. The first-order valence-corrected chi connectivity index (χ1v) is 9.14. The van der Waals surface area contributed by atoms with Crippen LogP contribution in [0.15, 0.2) is 61.2 Å². The standard InChI is InChI=1S/C22H27N3O3/c1-4-13-28-20-10-6-8-18(15-20)23-16-21(26)24-19-9-5-7-17(14-19)11-12-22(27)25(2)3/h4-10,14-15,23H,1,11-13,16H2,2-3H3,(H,24,26). The fourth-order valence-corrected chi connectivity index (χ4v) is 2.52. The van der Waals surface area contributed by atoms with Crippen molar-refractivity contribution in [3.8, 4) is 5.75 Å². The molecule has 2 amide bonds. The Hall–Kier alpha value is -3.28. The minimum absolute atomic E-state index is 0.0814. The number of carbonyl (C=O) groups excluding carboxylic acids is 2. The summed E-state index contributed by atoms with van der Waals surface area (Å²) >= 11 is 0. The van der Waals surface area contributed by atoms with Crippen molar-refractivity contribution < 1.29 is 14.3 Å². The molecule has 28 heavy (non-hydrogen) atoms. The molecule has 2 aromatic carbocycles. The van der Waals surface area contributed by atoms with E-state index >= 15 is 0 Å². The topological polar surface area (TPSA) is 70.7 Å². The monoisotopic (exact) mass is 381 g/mol. The molecule has 0 aliphatic carbocycles. The van der Waals surface area contributed by atoms with E-state index in [9.17, 15) is 9.59 Å². The third kappa shape index (κ3) is 7.15. The van der Waals surface area contributed by atoms with E-state index in [0.717, 1.165) is 11.3 Å². The molecule has 0 heterocycles. The normalized spacial score (nSPS) is 10.1. The maximum atomic E-state index is 12.2. The second-order valence-corrected chi connectivity index (χ2v) is 6.52. The highest BCUT2D eigenvalue weighted by Gasteiger charge is 2.07. The number of benzene rings is 2. The van der Waals surface area contributed by atoms with E-state index < -0.39 is 0 Å². The van der Waals surface area contributed by atoms with Gasteiger partial charge in [-0.25, -0.2) is 0 Å². The molecule has 0 aliphatic rings. The highest BCUT2D eigenvalue weighted by Crippen LogP contribution is 2.17. The molecular formula is C22H27N3O3. The van der Waals surface area contributed by atoms with Crippen LogP contribution in [-0.4, -0.2) is 44.0 Å². The van der Waals surface area contributed by atoms with Crippen molar-refractivity contribution >= 4 is 23.2 Å². The highest BCUT2D eigenvalue weighted by molar-refractivity contribution is 5.93. The summed E-state index contributed by atoms with van der Waals surface area (Å²) < 4.78 is 5.48. The third-order valence-electron chi connectivity index (χ3n) is 3.99. The van der Waals surface area contributed by atoms with Gasteiger partial charge in [-0.15, -0.1) is 0 Å². The Morgan fingerprint density at radius 1 is 1.11 bits per heavy atom. The molecule has 6 nitrogen and oxygen atoms in total. The Balaban J connectivity index is 1.85. The fraction of sp³-hybridized carbons (Fsp3) is 0.273. The van der Waals surface area contributed by atoms with E-state index in [2.05, 4.69) is 17.2 Å². The Labute approximate surface area is 166 Å². The van der Waals surface area contributed by atoms with Crippen molar-refractivity contribution in [3.05, 3.63) is 66.7 Å². The minimum Gasteiger partial charge on any atom is -0.489 e. The van der Waals surface area contributed by atoms with Crippen molar-refractivity contribution in [3.63, 3.8) is 0 Å². The Morgan fingerprint density at radius 3 is 2.61 bits per heavy atom. The van der Waals surface area contributed by atoms with E-state index in [1.807, 2.05) is 48.5 Å². The van der Waals surface area contributed by atoms with Gasteiger partial charge in [0.2, 0.25) is 11.8 Å². The molecule has 0 saturated carbocycles. The first-order valence-electron chi connectivity index (χ1n) is 9.14. The number of aryl methyl sites for hydroxylation is 1. The molecule has 6 heteroatoms. The van der Waals surface area contributed by atoms with Crippen LogP contribution in [0.3, 0.4) is 0 Å². The van der Waals surface area contributed by atoms with E-state index in [-0.39, 0.29) is 18.4 Å². The van der Waals surface area contributed by atoms with Crippen LogP contribution < -0.4 is 15.4 Å². The van der Waals surface area contributed by atoms with Crippen LogP contribution in [0.2, 0.25) is 0 Å². The van der Waals surface area contributed by atoms with Crippen molar-refractivity contribution in [1.82, 2.24) is 4.90 Å². The molecule has 2 rings (SSSR count). The van der Waals surface area contributed by atoms with Gasteiger partial charge in [0.25, 0.3) is 0 Å². The van der Waals surface area contributed by atoms with E-state index in [1.165, 1.54) is 0 Å². The third-order valence-corrected chi connectivity index (χ3v) is 3.99. The summed E-state index contributed by atoms with van der Waals surface area (Å²) in [6, 6.07) is 15.0. The number of amides is 2. The Morgan fingerprint density at radius 2 is 1.86 bits per heavy atom. The zero-order valence-electron chi connectivity index (χ0n) is 16.4. The van der Waals surface area contributed by atoms with E-state index in [4.69, 9.17) is 4.74 Å². The largest absolute Gasteiger partial charge is 0.489 e. The van der Waals surface area contributed by atoms with Crippen LogP contribution in [-0.2, 0) is 16.0 Å². The average molecular weight is 381 g/mol. The molecular weight excluding hydrogens is 354 g/mol. The first-order chi connectivity index (χ1) is 13.5. The molecule has 0 radical (unpaired) electrons. The molecule has 0 spiro atoms. The van der Waals surface area contributed by atoms with Gasteiger partial charge in [0, 0.05) is 38.0 Å². The highest BCUT2D eigenvalue weighted by atomic mass is 16.5. The summed E-state index contributed by atoms with van der Waals surface area (Å²) in [6.07, 6.45) is 2.75. The molecule has 0 bridgehead atoms.